The van der Waals surface area contributed by atoms with Crippen molar-refractivity contribution in [3.8, 4) is 0 Å². The Bertz CT molecular complexity index is 1140. The molecule has 0 radical (unpaired) electrons. The fraction of sp³-hybridized carbons (Fsp3) is 0.429. The minimum absolute atomic E-state index is 0.0876. The third kappa shape index (κ3) is 4.69. The zero-order valence-corrected chi connectivity index (χ0v) is 18.8. The Labute approximate surface area is 186 Å². The molecule has 1 aliphatic carbocycles. The number of hydrogen-bond acceptors (Lipinski definition) is 7. The number of fused-ring (bicyclic) bond motifs is 1. The fourth-order valence-electron chi connectivity index (χ4n) is 3.89. The van der Waals surface area contributed by atoms with Crippen LogP contribution in [0.1, 0.15) is 40.3 Å². The van der Waals surface area contributed by atoms with Gasteiger partial charge in [0, 0.05) is 43.7 Å². The van der Waals surface area contributed by atoms with Crippen molar-refractivity contribution in [2.24, 2.45) is 5.10 Å². The molecule has 1 saturated heterocycles. The van der Waals surface area contributed by atoms with Gasteiger partial charge in [-0.15, -0.1) is 0 Å². The molecule has 0 atom stereocenters. The van der Waals surface area contributed by atoms with Crippen LogP contribution in [-0.4, -0.2) is 63.2 Å². The molecule has 9 nitrogen and oxygen atoms in total. The molecule has 4 rings (SSSR count). The van der Waals surface area contributed by atoms with Crippen LogP contribution in [0.2, 0.25) is 0 Å². The van der Waals surface area contributed by atoms with Crippen molar-refractivity contribution < 1.29 is 22.0 Å². The molecule has 1 amide bonds. The van der Waals surface area contributed by atoms with Crippen molar-refractivity contribution in [3.63, 3.8) is 0 Å². The Hall–Kier alpha value is -2.76. The molecule has 11 heteroatoms. The Kier molecular flexibility index (Phi) is 6.31. The molecule has 1 fully saturated rings. The van der Waals surface area contributed by atoms with Gasteiger partial charge < -0.3 is 9.32 Å². The Morgan fingerprint density at radius 1 is 1.12 bits per heavy atom. The molecule has 0 saturated carbocycles. The zero-order chi connectivity index (χ0) is 22.9. The molecule has 2 aromatic rings. The number of rotatable bonds is 5. The summed E-state index contributed by atoms with van der Waals surface area (Å²) < 4.78 is 44.0. The predicted octanol–water partition coefficient (Wildman–Crippen LogP) is 1.64. The minimum atomic E-state index is -3.95. The second-order valence-corrected chi connectivity index (χ2v) is 9.71. The highest BCUT2D eigenvalue weighted by Gasteiger charge is 2.29. The lowest BCUT2D eigenvalue weighted by atomic mass is 9.93. The van der Waals surface area contributed by atoms with Gasteiger partial charge >= 0.3 is 5.91 Å². The minimum Gasteiger partial charge on any atom is -0.455 e. The molecule has 1 aliphatic heterocycles. The van der Waals surface area contributed by atoms with Crippen LogP contribution in [-0.2, 0) is 16.4 Å². The fourth-order valence-corrected chi connectivity index (χ4v) is 4.72. The number of nitrogens with zero attached hydrogens (tertiary/aromatic N) is 3. The average Bonchev–Trinajstić information content (AvgIpc) is 3.11. The molecule has 1 aromatic carbocycles. The first-order valence-electron chi connectivity index (χ1n) is 10.5. The smallest absolute Gasteiger partial charge is 0.301 e. The lowest BCUT2D eigenvalue weighted by Crippen LogP contribution is -2.52. The number of sulfonamides is 1. The largest absolute Gasteiger partial charge is 0.455 e. The van der Waals surface area contributed by atoms with Gasteiger partial charge in [0.1, 0.15) is 11.6 Å². The number of carbonyl (C=O) groups excluding carboxylic acids is 1. The number of piperazine rings is 1. The highest BCUT2D eigenvalue weighted by molar-refractivity contribution is 7.89. The number of furan rings is 1. The van der Waals surface area contributed by atoms with Crippen LogP contribution in [0, 0.1) is 12.7 Å². The van der Waals surface area contributed by atoms with E-state index in [1.165, 1.54) is 12.1 Å². The number of carbonyl (C=O) groups is 1. The van der Waals surface area contributed by atoms with Gasteiger partial charge in [0.15, 0.2) is 5.76 Å². The molecular weight excluding hydrogens is 437 g/mol. The van der Waals surface area contributed by atoms with E-state index in [1.54, 1.807) is 6.92 Å². The molecule has 0 spiro atoms. The van der Waals surface area contributed by atoms with Gasteiger partial charge in [-0.2, -0.15) is 18.4 Å². The first kappa shape index (κ1) is 22.4. The number of halogens is 1. The average molecular weight is 464 g/mol. The number of hydrazone groups is 1. The lowest BCUT2D eigenvalue weighted by Gasteiger charge is -2.32. The van der Waals surface area contributed by atoms with E-state index in [-0.39, 0.29) is 16.6 Å². The topological polar surface area (TPSA) is 107 Å². The van der Waals surface area contributed by atoms with Gasteiger partial charge in [0.2, 0.25) is 0 Å². The maximum Gasteiger partial charge on any atom is 0.301 e. The third-order valence-corrected chi connectivity index (χ3v) is 6.94. The van der Waals surface area contributed by atoms with E-state index in [2.05, 4.69) is 20.3 Å². The summed E-state index contributed by atoms with van der Waals surface area (Å²) in [6, 6.07) is 4.50. The number of benzene rings is 1. The highest BCUT2D eigenvalue weighted by Crippen LogP contribution is 2.30. The number of amides is 1. The van der Waals surface area contributed by atoms with Crippen molar-refractivity contribution in [1.29, 1.82) is 0 Å². The summed E-state index contributed by atoms with van der Waals surface area (Å²) in [5, 5.41) is 6.00. The monoisotopic (exact) mass is 463 g/mol. The number of nitrogens with one attached hydrogen (secondary N) is 2. The first-order valence-corrected chi connectivity index (χ1v) is 11.9. The molecule has 32 heavy (non-hydrogen) atoms. The maximum atomic E-state index is 13.1. The van der Waals surface area contributed by atoms with Gasteiger partial charge in [-0.25, -0.2) is 9.40 Å². The van der Waals surface area contributed by atoms with Crippen molar-refractivity contribution >= 4 is 21.6 Å². The predicted molar refractivity (Wildman–Crippen MR) is 116 cm³/mol. The van der Waals surface area contributed by atoms with E-state index in [4.69, 9.17) is 4.42 Å². The van der Waals surface area contributed by atoms with Gasteiger partial charge in [0.05, 0.1) is 10.6 Å². The number of likely N-dealkylation sites (N-methyl/N-ethyl adjacent to an activating group) is 1. The Morgan fingerprint density at radius 3 is 2.50 bits per heavy atom. The third-order valence-electron chi connectivity index (χ3n) is 5.72. The summed E-state index contributed by atoms with van der Waals surface area (Å²) in [7, 11) is -1.91. The van der Waals surface area contributed by atoms with Crippen molar-refractivity contribution in [2.45, 2.75) is 31.1 Å². The van der Waals surface area contributed by atoms with Crippen LogP contribution in [0.3, 0.4) is 0 Å². The summed E-state index contributed by atoms with van der Waals surface area (Å²) in [4.78, 5) is 17.2. The summed E-state index contributed by atoms with van der Waals surface area (Å²) in [5.41, 5.74) is 4.70. The molecule has 2 N–H and O–H groups in total. The summed E-state index contributed by atoms with van der Waals surface area (Å²) in [5.74, 6) is -0.0155. The summed E-state index contributed by atoms with van der Waals surface area (Å²) >= 11 is 0. The van der Waals surface area contributed by atoms with E-state index in [9.17, 15) is 17.6 Å². The standard InChI is InChI=1S/C21H26FN5O4S/c1-14-19-17(23-25-32(29,30)16-8-6-15(22)7-9-16)4-3-5-18(19)31-20(14)21(28)24-27-12-10-26(2)11-13-27/h6-9,25H,3-5,10-13H2,1-2H3,(H,24,28)/b23-17+. The van der Waals surface area contributed by atoms with Crippen molar-refractivity contribution in [3.05, 3.63) is 52.7 Å². The van der Waals surface area contributed by atoms with E-state index in [0.717, 1.165) is 44.7 Å². The van der Waals surface area contributed by atoms with Gasteiger partial charge in [-0.3, -0.25) is 10.2 Å². The first-order chi connectivity index (χ1) is 15.2. The van der Waals surface area contributed by atoms with E-state index >= 15 is 0 Å². The van der Waals surface area contributed by atoms with E-state index < -0.39 is 15.8 Å². The molecule has 1 aromatic heterocycles. The quantitative estimate of drug-likeness (QED) is 0.653. The number of hydrogen-bond donors (Lipinski definition) is 2. The Morgan fingerprint density at radius 2 is 1.81 bits per heavy atom. The second kappa shape index (κ2) is 9.00. The molecule has 0 bridgehead atoms. The van der Waals surface area contributed by atoms with Gasteiger partial charge in [-0.05, 0) is 51.1 Å². The SMILES string of the molecule is Cc1c(C(=O)NN2CCN(C)CC2)oc2c1/C(=N/NS(=O)(=O)c1ccc(F)cc1)CCC2. The van der Waals surface area contributed by atoms with Crippen LogP contribution in [0.5, 0.6) is 0 Å². The van der Waals surface area contributed by atoms with Crippen LogP contribution >= 0.6 is 0 Å². The van der Waals surface area contributed by atoms with Gasteiger partial charge in [-0.1, -0.05) is 0 Å². The lowest BCUT2D eigenvalue weighted by molar-refractivity contribution is 0.0634. The zero-order valence-electron chi connectivity index (χ0n) is 18.0. The van der Waals surface area contributed by atoms with Crippen LogP contribution in [0.4, 0.5) is 4.39 Å². The Balaban J connectivity index is 1.54. The second-order valence-electron chi connectivity index (χ2n) is 8.05. The van der Waals surface area contributed by atoms with Crippen molar-refractivity contribution in [1.82, 2.24) is 20.2 Å². The molecule has 2 aliphatic rings. The normalized spacial score (nSPS) is 19.0. The summed E-state index contributed by atoms with van der Waals surface area (Å²) in [6.45, 7) is 4.94. The van der Waals surface area contributed by atoms with Crippen LogP contribution < -0.4 is 10.3 Å². The van der Waals surface area contributed by atoms with E-state index in [1.807, 2.05) is 12.1 Å². The summed E-state index contributed by atoms with van der Waals surface area (Å²) in [6.07, 6.45) is 1.90. The molecular formula is C21H26FN5O4S. The highest BCUT2D eigenvalue weighted by atomic mass is 32.2. The van der Waals surface area contributed by atoms with Gasteiger partial charge in [0.25, 0.3) is 10.0 Å². The molecule has 2 heterocycles. The van der Waals surface area contributed by atoms with Crippen molar-refractivity contribution in [2.75, 3.05) is 33.2 Å². The maximum absolute atomic E-state index is 13.1. The van der Waals surface area contributed by atoms with Crippen LogP contribution in [0.25, 0.3) is 0 Å². The molecule has 172 valence electrons. The molecule has 0 unspecified atom stereocenters. The van der Waals surface area contributed by atoms with Crippen LogP contribution in [0.15, 0.2) is 38.7 Å². The number of hydrazine groups is 1. The number of aryl methyl sites for hydroxylation is 1. The van der Waals surface area contributed by atoms with E-state index in [0.29, 0.717) is 35.4 Å².